The predicted molar refractivity (Wildman–Crippen MR) is 122 cm³/mol. The Labute approximate surface area is 200 Å². The molecule has 2 heterocycles. The Morgan fingerprint density at radius 2 is 1.83 bits per heavy atom. The second-order valence-electron chi connectivity index (χ2n) is 8.08. The Morgan fingerprint density at radius 1 is 1.03 bits per heavy atom. The van der Waals surface area contributed by atoms with Crippen molar-refractivity contribution in [2.45, 2.75) is 38.8 Å². The number of nitrogens with one attached hydrogen (secondary N) is 1. The first-order valence-electron chi connectivity index (χ1n) is 11.0. The van der Waals surface area contributed by atoms with Crippen LogP contribution in [0.25, 0.3) is 0 Å². The van der Waals surface area contributed by atoms with Gasteiger partial charge in [-0.25, -0.2) is 4.98 Å². The lowest BCUT2D eigenvalue weighted by Crippen LogP contribution is -2.27. The summed E-state index contributed by atoms with van der Waals surface area (Å²) in [7, 11) is 0. The summed E-state index contributed by atoms with van der Waals surface area (Å²) in [6.45, 7) is 2.59. The molecule has 1 amide bonds. The van der Waals surface area contributed by atoms with E-state index in [2.05, 4.69) is 10.3 Å². The van der Waals surface area contributed by atoms with Crippen LogP contribution in [0.4, 0.5) is 13.2 Å². The molecule has 0 fully saturated rings. The molecule has 35 heavy (non-hydrogen) atoms. The molecule has 4 rings (SSSR count). The first-order valence-corrected chi connectivity index (χ1v) is 11.0. The van der Waals surface area contributed by atoms with Gasteiger partial charge in [0.15, 0.2) is 5.69 Å². The van der Waals surface area contributed by atoms with E-state index in [4.69, 9.17) is 8.83 Å². The molecule has 0 unspecified atom stereocenters. The number of oxazole rings is 1. The van der Waals surface area contributed by atoms with E-state index in [1.807, 2.05) is 42.2 Å². The van der Waals surface area contributed by atoms with Gasteiger partial charge in [-0.3, -0.25) is 9.69 Å². The fourth-order valence-electron chi connectivity index (χ4n) is 3.69. The number of benzene rings is 2. The van der Waals surface area contributed by atoms with Gasteiger partial charge in [-0.2, -0.15) is 13.2 Å². The number of carbonyl (C=O) groups is 1. The summed E-state index contributed by atoms with van der Waals surface area (Å²) >= 11 is 0. The number of nitrogens with zero attached hydrogens (tertiary/aromatic N) is 2. The normalized spacial score (nSPS) is 12.6. The standard InChI is InChI=1S/C26H24F3N3O3/c1-18(20-8-3-2-4-9-20)32(15-19-7-5-10-21(13-19)26(27,28)29)16-24-31-23(17-35-24)25(33)30-14-22-11-6-12-34-22/h2-13,17-18H,14-16H2,1H3,(H,30,33)/t18-/m1/s1. The molecule has 2 aromatic carbocycles. The largest absolute Gasteiger partial charge is 0.467 e. The van der Waals surface area contributed by atoms with Crippen LogP contribution in [0.5, 0.6) is 0 Å². The molecule has 0 saturated carbocycles. The Hall–Kier alpha value is -3.85. The summed E-state index contributed by atoms with van der Waals surface area (Å²) in [5.41, 5.74) is 0.903. The molecule has 0 spiro atoms. The Balaban J connectivity index is 1.51. The third-order valence-corrected chi connectivity index (χ3v) is 5.60. The van der Waals surface area contributed by atoms with Crippen LogP contribution in [0.15, 0.2) is 88.1 Å². The minimum absolute atomic E-state index is 0.109. The smallest absolute Gasteiger partial charge is 0.416 e. The van der Waals surface area contributed by atoms with Crippen molar-refractivity contribution in [3.05, 3.63) is 113 Å². The highest BCUT2D eigenvalue weighted by molar-refractivity contribution is 5.91. The highest BCUT2D eigenvalue weighted by atomic mass is 19.4. The van der Waals surface area contributed by atoms with Gasteiger partial charge in [0.25, 0.3) is 5.91 Å². The van der Waals surface area contributed by atoms with Gasteiger partial charge in [0.05, 0.1) is 24.9 Å². The average Bonchev–Trinajstić information content (AvgIpc) is 3.54. The molecule has 1 N–H and O–H groups in total. The van der Waals surface area contributed by atoms with E-state index in [9.17, 15) is 18.0 Å². The lowest BCUT2D eigenvalue weighted by atomic mass is 10.0. The molecule has 182 valence electrons. The number of hydrogen-bond acceptors (Lipinski definition) is 5. The SMILES string of the molecule is C[C@H](c1ccccc1)N(Cc1cccc(C(F)(F)F)c1)Cc1nc(C(=O)NCc2ccco2)co1. The van der Waals surface area contributed by atoms with E-state index in [0.29, 0.717) is 11.3 Å². The molecule has 0 aliphatic carbocycles. The first kappa shape index (κ1) is 24.3. The maximum absolute atomic E-state index is 13.2. The number of alkyl halides is 3. The third kappa shape index (κ3) is 6.39. The minimum Gasteiger partial charge on any atom is -0.467 e. The van der Waals surface area contributed by atoms with Gasteiger partial charge >= 0.3 is 6.18 Å². The van der Waals surface area contributed by atoms with Crippen LogP contribution in [-0.2, 0) is 25.8 Å². The van der Waals surface area contributed by atoms with Crippen molar-refractivity contribution in [2.24, 2.45) is 0 Å². The van der Waals surface area contributed by atoms with Gasteiger partial charge in [-0.05, 0) is 36.2 Å². The number of furan rings is 1. The van der Waals surface area contributed by atoms with E-state index in [1.54, 1.807) is 18.2 Å². The van der Waals surface area contributed by atoms with Gasteiger partial charge < -0.3 is 14.2 Å². The summed E-state index contributed by atoms with van der Waals surface area (Å²) < 4.78 is 50.4. The maximum atomic E-state index is 13.2. The molecule has 4 aromatic rings. The quantitative estimate of drug-likeness (QED) is 0.317. The number of halogens is 3. The van der Waals surface area contributed by atoms with Crippen LogP contribution in [0, 0.1) is 0 Å². The first-order chi connectivity index (χ1) is 16.8. The van der Waals surface area contributed by atoms with Crippen molar-refractivity contribution in [2.75, 3.05) is 0 Å². The van der Waals surface area contributed by atoms with E-state index in [1.165, 1.54) is 18.6 Å². The van der Waals surface area contributed by atoms with Crippen molar-refractivity contribution in [1.29, 1.82) is 0 Å². The summed E-state index contributed by atoms with van der Waals surface area (Å²) in [6.07, 6.45) is -1.64. The van der Waals surface area contributed by atoms with Crippen LogP contribution in [0.3, 0.4) is 0 Å². The Morgan fingerprint density at radius 3 is 2.54 bits per heavy atom. The molecule has 0 bridgehead atoms. The van der Waals surface area contributed by atoms with E-state index < -0.39 is 17.6 Å². The molecule has 0 aliphatic heterocycles. The fraction of sp³-hybridized carbons (Fsp3) is 0.231. The fourth-order valence-corrected chi connectivity index (χ4v) is 3.69. The zero-order valence-corrected chi connectivity index (χ0v) is 19.0. The van der Waals surface area contributed by atoms with Crippen LogP contribution >= 0.6 is 0 Å². The number of rotatable bonds is 9. The summed E-state index contributed by atoms with van der Waals surface area (Å²) in [6, 6.07) is 18.2. The Kier molecular flexibility index (Phi) is 7.36. The van der Waals surface area contributed by atoms with Crippen molar-refractivity contribution in [3.8, 4) is 0 Å². The van der Waals surface area contributed by atoms with Gasteiger partial charge in [0, 0.05) is 12.6 Å². The van der Waals surface area contributed by atoms with Crippen LogP contribution in [0.1, 0.15) is 51.8 Å². The van der Waals surface area contributed by atoms with E-state index in [0.717, 1.165) is 17.7 Å². The van der Waals surface area contributed by atoms with Crippen molar-refractivity contribution < 1.29 is 26.8 Å². The minimum atomic E-state index is -4.42. The molecule has 0 aliphatic rings. The van der Waals surface area contributed by atoms with Gasteiger partial charge in [-0.15, -0.1) is 0 Å². The van der Waals surface area contributed by atoms with Crippen molar-refractivity contribution in [3.63, 3.8) is 0 Å². The second kappa shape index (κ2) is 10.6. The van der Waals surface area contributed by atoms with Gasteiger partial charge in [0.1, 0.15) is 12.0 Å². The average molecular weight is 483 g/mol. The van der Waals surface area contributed by atoms with Crippen LogP contribution in [-0.4, -0.2) is 15.8 Å². The monoisotopic (exact) mass is 483 g/mol. The molecule has 2 aromatic heterocycles. The molecular formula is C26H24F3N3O3. The predicted octanol–water partition coefficient (Wildman–Crippen LogP) is 5.98. The van der Waals surface area contributed by atoms with Gasteiger partial charge in [-0.1, -0.05) is 48.5 Å². The molecule has 9 heteroatoms. The van der Waals surface area contributed by atoms with Crippen LogP contribution < -0.4 is 5.32 Å². The zero-order chi connectivity index (χ0) is 24.8. The van der Waals surface area contributed by atoms with Crippen molar-refractivity contribution in [1.82, 2.24) is 15.2 Å². The lowest BCUT2D eigenvalue weighted by molar-refractivity contribution is -0.137. The molecule has 0 radical (unpaired) electrons. The van der Waals surface area contributed by atoms with Crippen LogP contribution in [0.2, 0.25) is 0 Å². The zero-order valence-electron chi connectivity index (χ0n) is 19.0. The topological polar surface area (TPSA) is 71.5 Å². The Bertz CT molecular complexity index is 1240. The number of amides is 1. The molecule has 0 saturated heterocycles. The lowest BCUT2D eigenvalue weighted by Gasteiger charge is -2.28. The highest BCUT2D eigenvalue weighted by Crippen LogP contribution is 2.31. The second-order valence-corrected chi connectivity index (χ2v) is 8.08. The summed E-state index contributed by atoms with van der Waals surface area (Å²) in [5, 5.41) is 2.70. The van der Waals surface area contributed by atoms with Crippen molar-refractivity contribution >= 4 is 5.91 Å². The molecule has 6 nitrogen and oxygen atoms in total. The summed E-state index contributed by atoms with van der Waals surface area (Å²) in [4.78, 5) is 18.7. The number of carbonyl (C=O) groups excluding carboxylic acids is 1. The highest BCUT2D eigenvalue weighted by Gasteiger charge is 2.30. The summed E-state index contributed by atoms with van der Waals surface area (Å²) in [5.74, 6) is 0.464. The molecule has 1 atom stereocenters. The molecular weight excluding hydrogens is 459 g/mol. The van der Waals surface area contributed by atoms with E-state index in [-0.39, 0.29) is 37.3 Å². The maximum Gasteiger partial charge on any atom is 0.416 e. The number of aromatic nitrogens is 1. The number of hydrogen-bond donors (Lipinski definition) is 1. The van der Waals surface area contributed by atoms with E-state index >= 15 is 0 Å². The van der Waals surface area contributed by atoms with Gasteiger partial charge in [0.2, 0.25) is 5.89 Å². The third-order valence-electron chi connectivity index (χ3n) is 5.60.